The topological polar surface area (TPSA) is 128 Å². The van der Waals surface area contributed by atoms with Crippen LogP contribution < -0.4 is 10.6 Å². The van der Waals surface area contributed by atoms with Crippen molar-refractivity contribution in [3.8, 4) is 0 Å². The highest BCUT2D eigenvalue weighted by Gasteiger charge is 2.20. The number of nitro benzene ring substituents is 1. The van der Waals surface area contributed by atoms with Gasteiger partial charge in [0.25, 0.3) is 17.5 Å². The van der Waals surface area contributed by atoms with Crippen molar-refractivity contribution in [2.45, 2.75) is 13.0 Å². The molecule has 32 heavy (non-hydrogen) atoms. The van der Waals surface area contributed by atoms with Crippen LogP contribution in [0.4, 0.5) is 11.4 Å². The number of rotatable bonds is 7. The molecule has 0 heterocycles. The van der Waals surface area contributed by atoms with Gasteiger partial charge in [0.15, 0.2) is 6.10 Å². The Morgan fingerprint density at radius 2 is 1.78 bits per heavy atom. The number of fused-ring (bicyclic) bond motifs is 1. The lowest BCUT2D eigenvalue weighted by Crippen LogP contribution is -2.35. The number of nitro groups is 1. The Hall–Kier alpha value is -3.98. The third-order valence-corrected chi connectivity index (χ3v) is 4.81. The molecule has 1 unspecified atom stereocenters. The molecule has 0 spiro atoms. The van der Waals surface area contributed by atoms with Gasteiger partial charge in [0.2, 0.25) is 0 Å². The molecule has 0 aliphatic rings. The molecular weight excluding hydrogens is 438 g/mol. The SMILES string of the molecule is CC(OC(=O)CNC(=O)c1ccc(Cl)c([N+](=O)[O-])c1)C(=O)Nc1ccc2ccccc2c1. The van der Waals surface area contributed by atoms with Crippen LogP contribution in [0.1, 0.15) is 17.3 Å². The van der Waals surface area contributed by atoms with Gasteiger partial charge < -0.3 is 15.4 Å². The van der Waals surface area contributed by atoms with Crippen LogP contribution in [0.2, 0.25) is 5.02 Å². The van der Waals surface area contributed by atoms with Gasteiger partial charge in [0.05, 0.1) is 4.92 Å². The standard InChI is InChI=1S/C22H18ClN3O6/c1-13(21(28)25-17-8-6-14-4-2-3-5-15(14)10-17)32-20(27)12-24-22(29)16-7-9-18(23)19(11-16)26(30)31/h2-11,13H,12H2,1H3,(H,24,29)(H,25,28). The number of hydrogen-bond donors (Lipinski definition) is 2. The summed E-state index contributed by atoms with van der Waals surface area (Å²) in [6.45, 7) is 0.876. The van der Waals surface area contributed by atoms with Gasteiger partial charge in [0, 0.05) is 17.3 Å². The van der Waals surface area contributed by atoms with Crippen LogP contribution in [0.3, 0.4) is 0 Å². The summed E-state index contributed by atoms with van der Waals surface area (Å²) < 4.78 is 5.04. The highest BCUT2D eigenvalue weighted by molar-refractivity contribution is 6.32. The zero-order valence-electron chi connectivity index (χ0n) is 16.8. The minimum Gasteiger partial charge on any atom is -0.451 e. The van der Waals surface area contributed by atoms with Gasteiger partial charge in [-0.25, -0.2) is 0 Å². The van der Waals surface area contributed by atoms with Gasteiger partial charge in [-0.15, -0.1) is 0 Å². The van der Waals surface area contributed by atoms with E-state index in [1.807, 2.05) is 30.3 Å². The van der Waals surface area contributed by atoms with Crippen molar-refractivity contribution in [2.24, 2.45) is 0 Å². The average molecular weight is 456 g/mol. The molecule has 3 aromatic carbocycles. The number of benzene rings is 3. The van der Waals surface area contributed by atoms with Crippen LogP contribution in [0.25, 0.3) is 10.8 Å². The number of carbonyl (C=O) groups is 3. The van der Waals surface area contributed by atoms with E-state index < -0.39 is 41.0 Å². The quantitative estimate of drug-likeness (QED) is 0.317. The van der Waals surface area contributed by atoms with Gasteiger partial charge in [-0.2, -0.15) is 0 Å². The molecule has 0 aliphatic heterocycles. The van der Waals surface area contributed by atoms with Gasteiger partial charge in [-0.1, -0.05) is 41.9 Å². The van der Waals surface area contributed by atoms with E-state index in [0.717, 1.165) is 16.8 Å². The van der Waals surface area contributed by atoms with Crippen molar-refractivity contribution in [2.75, 3.05) is 11.9 Å². The fourth-order valence-corrected chi connectivity index (χ4v) is 3.04. The lowest BCUT2D eigenvalue weighted by Gasteiger charge is -2.14. The van der Waals surface area contributed by atoms with Crippen LogP contribution in [-0.4, -0.2) is 35.4 Å². The molecule has 164 valence electrons. The molecule has 0 saturated heterocycles. The molecule has 9 nitrogen and oxygen atoms in total. The molecule has 0 aliphatic carbocycles. The zero-order chi connectivity index (χ0) is 23.3. The van der Waals surface area contributed by atoms with Gasteiger partial charge >= 0.3 is 5.97 Å². The fourth-order valence-electron chi connectivity index (χ4n) is 2.85. The number of nitrogens with one attached hydrogen (secondary N) is 2. The van der Waals surface area contributed by atoms with E-state index in [1.165, 1.54) is 19.1 Å². The van der Waals surface area contributed by atoms with E-state index in [2.05, 4.69) is 10.6 Å². The van der Waals surface area contributed by atoms with E-state index in [9.17, 15) is 24.5 Å². The van der Waals surface area contributed by atoms with Crippen LogP contribution in [0.5, 0.6) is 0 Å². The highest BCUT2D eigenvalue weighted by Crippen LogP contribution is 2.25. The number of halogens is 1. The van der Waals surface area contributed by atoms with Crippen molar-refractivity contribution < 1.29 is 24.0 Å². The number of ether oxygens (including phenoxy) is 1. The third-order valence-electron chi connectivity index (χ3n) is 4.49. The largest absolute Gasteiger partial charge is 0.451 e. The van der Waals surface area contributed by atoms with Gasteiger partial charge in [0.1, 0.15) is 11.6 Å². The summed E-state index contributed by atoms with van der Waals surface area (Å²) in [5, 5.41) is 17.7. The molecule has 0 radical (unpaired) electrons. The summed E-state index contributed by atoms with van der Waals surface area (Å²) in [4.78, 5) is 46.7. The Kier molecular flexibility index (Phi) is 7.01. The maximum Gasteiger partial charge on any atom is 0.326 e. The van der Waals surface area contributed by atoms with E-state index in [0.29, 0.717) is 5.69 Å². The highest BCUT2D eigenvalue weighted by atomic mass is 35.5. The van der Waals surface area contributed by atoms with Crippen molar-refractivity contribution in [3.05, 3.63) is 81.4 Å². The Morgan fingerprint density at radius 1 is 1.06 bits per heavy atom. The fraction of sp³-hybridized carbons (Fsp3) is 0.136. The molecule has 0 aromatic heterocycles. The van der Waals surface area contributed by atoms with E-state index >= 15 is 0 Å². The Bertz CT molecular complexity index is 1210. The second-order valence-corrected chi connectivity index (χ2v) is 7.20. The van der Waals surface area contributed by atoms with Gasteiger partial charge in [-0.05, 0) is 42.0 Å². The van der Waals surface area contributed by atoms with Crippen LogP contribution >= 0.6 is 11.6 Å². The summed E-state index contributed by atoms with van der Waals surface area (Å²) in [6.07, 6.45) is -1.11. The molecule has 0 saturated carbocycles. The smallest absolute Gasteiger partial charge is 0.326 e. The molecule has 10 heteroatoms. The number of nitrogens with zero attached hydrogens (tertiary/aromatic N) is 1. The lowest BCUT2D eigenvalue weighted by atomic mass is 10.1. The second-order valence-electron chi connectivity index (χ2n) is 6.79. The van der Waals surface area contributed by atoms with Crippen molar-refractivity contribution in [1.82, 2.24) is 5.32 Å². The zero-order valence-corrected chi connectivity index (χ0v) is 17.6. The summed E-state index contributed by atoms with van der Waals surface area (Å²) in [7, 11) is 0. The maximum atomic E-state index is 12.3. The number of hydrogen-bond acceptors (Lipinski definition) is 6. The van der Waals surface area contributed by atoms with E-state index in [4.69, 9.17) is 16.3 Å². The molecule has 1 atom stereocenters. The predicted octanol–water partition coefficient (Wildman–Crippen LogP) is 3.70. The number of esters is 1. The Balaban J connectivity index is 1.52. The van der Waals surface area contributed by atoms with Crippen molar-refractivity contribution in [1.29, 1.82) is 0 Å². The van der Waals surface area contributed by atoms with E-state index in [1.54, 1.807) is 12.1 Å². The minimum atomic E-state index is -1.11. The minimum absolute atomic E-state index is 0.0454. The lowest BCUT2D eigenvalue weighted by molar-refractivity contribution is -0.384. The molecule has 3 aromatic rings. The van der Waals surface area contributed by atoms with Crippen molar-refractivity contribution in [3.63, 3.8) is 0 Å². The first kappa shape index (κ1) is 22.7. The third kappa shape index (κ3) is 5.58. The average Bonchev–Trinajstić information content (AvgIpc) is 2.77. The molecule has 3 rings (SSSR count). The molecule has 0 bridgehead atoms. The first-order valence-corrected chi connectivity index (χ1v) is 9.83. The molecule has 2 amide bonds. The second kappa shape index (κ2) is 9.88. The normalized spacial score (nSPS) is 11.4. The molecular formula is C22H18ClN3O6. The molecule has 0 fully saturated rings. The molecule has 2 N–H and O–H groups in total. The van der Waals surface area contributed by atoms with Crippen molar-refractivity contribution >= 4 is 51.5 Å². The van der Waals surface area contributed by atoms with Crippen LogP contribution in [0, 0.1) is 10.1 Å². The van der Waals surface area contributed by atoms with E-state index in [-0.39, 0.29) is 10.6 Å². The monoisotopic (exact) mass is 455 g/mol. The van der Waals surface area contributed by atoms with Crippen LogP contribution in [0.15, 0.2) is 60.7 Å². The predicted molar refractivity (Wildman–Crippen MR) is 119 cm³/mol. The summed E-state index contributed by atoms with van der Waals surface area (Å²) in [5.74, 6) is -2.11. The summed E-state index contributed by atoms with van der Waals surface area (Å²) in [6, 6.07) is 16.6. The maximum absolute atomic E-state index is 12.3. The summed E-state index contributed by atoms with van der Waals surface area (Å²) >= 11 is 5.71. The first-order chi connectivity index (χ1) is 15.2. The Morgan fingerprint density at radius 3 is 2.50 bits per heavy atom. The number of carbonyl (C=O) groups excluding carboxylic acids is 3. The Labute approximate surface area is 187 Å². The first-order valence-electron chi connectivity index (χ1n) is 9.46. The summed E-state index contributed by atoms with van der Waals surface area (Å²) in [5.41, 5.74) is 0.0751. The van der Waals surface area contributed by atoms with Crippen LogP contribution in [-0.2, 0) is 14.3 Å². The number of amides is 2. The van der Waals surface area contributed by atoms with Gasteiger partial charge in [-0.3, -0.25) is 24.5 Å². The number of anilines is 1.